The Morgan fingerprint density at radius 2 is 2.08 bits per heavy atom. The van der Waals surface area contributed by atoms with E-state index >= 15 is 0 Å². The van der Waals surface area contributed by atoms with Gasteiger partial charge in [0.25, 0.3) is 0 Å². The largest absolute Gasteiger partial charge is 0.493 e. The molecule has 0 radical (unpaired) electrons. The van der Waals surface area contributed by atoms with Gasteiger partial charge in [0, 0.05) is 12.0 Å². The van der Waals surface area contributed by atoms with Crippen LogP contribution in [-0.4, -0.2) is 38.4 Å². The van der Waals surface area contributed by atoms with Crippen LogP contribution >= 0.6 is 11.8 Å². The van der Waals surface area contributed by atoms with Crippen LogP contribution in [0.4, 0.5) is 0 Å². The number of benzene rings is 2. The molecule has 7 heteroatoms. The van der Waals surface area contributed by atoms with E-state index in [-0.39, 0.29) is 11.5 Å². The summed E-state index contributed by atoms with van der Waals surface area (Å²) in [6.45, 7) is 0.688. The van der Waals surface area contributed by atoms with E-state index in [2.05, 4.69) is 15.5 Å². The summed E-state index contributed by atoms with van der Waals surface area (Å²) in [5.41, 5.74) is 2.66. The Kier molecular flexibility index (Phi) is 4.00. The van der Waals surface area contributed by atoms with Crippen molar-refractivity contribution in [3.8, 4) is 11.4 Å². The first-order valence-electron chi connectivity index (χ1n) is 7.57. The average Bonchev–Trinajstić information content (AvgIpc) is 3.28. The molecule has 0 unspecified atom stereocenters. The van der Waals surface area contributed by atoms with Crippen LogP contribution in [0.2, 0.25) is 0 Å². The number of rotatable bonds is 5. The molecule has 0 spiro atoms. The number of thioether (sulfide) groups is 1. The molecule has 6 nitrogen and oxygen atoms in total. The molecule has 1 aromatic heterocycles. The lowest BCUT2D eigenvalue weighted by Crippen LogP contribution is -2.05. The van der Waals surface area contributed by atoms with Crippen molar-refractivity contribution in [2.75, 3.05) is 12.4 Å². The number of hydrogen-bond acceptors (Lipinski definition) is 6. The van der Waals surface area contributed by atoms with E-state index < -0.39 is 0 Å². The molecule has 0 atom stereocenters. The third-order valence-electron chi connectivity index (χ3n) is 3.79. The predicted molar refractivity (Wildman–Crippen MR) is 89.8 cm³/mol. The molecule has 24 heavy (non-hydrogen) atoms. The van der Waals surface area contributed by atoms with Gasteiger partial charge in [0.15, 0.2) is 5.78 Å². The minimum Gasteiger partial charge on any atom is -0.493 e. The summed E-state index contributed by atoms with van der Waals surface area (Å²) in [4.78, 5) is 12.4. The number of ketones is 1. The molecule has 0 fully saturated rings. The van der Waals surface area contributed by atoms with Gasteiger partial charge in [0.2, 0.25) is 5.16 Å². The molecule has 2 aromatic carbocycles. The fourth-order valence-corrected chi connectivity index (χ4v) is 3.36. The molecule has 4 rings (SSSR count). The lowest BCUT2D eigenvalue weighted by atomic mass is 10.1. The SMILES string of the molecule is O=C(CSc1nnnn1-c1ccccc1)c1ccc2c(c1)CCO2. The maximum Gasteiger partial charge on any atom is 0.214 e. The second-order valence-electron chi connectivity index (χ2n) is 5.34. The molecule has 0 saturated carbocycles. The van der Waals surface area contributed by atoms with E-state index in [1.807, 2.05) is 48.5 Å². The third kappa shape index (κ3) is 2.90. The van der Waals surface area contributed by atoms with E-state index in [1.54, 1.807) is 4.68 Å². The number of ether oxygens (including phenoxy) is 1. The van der Waals surface area contributed by atoms with Gasteiger partial charge < -0.3 is 4.74 Å². The Bertz CT molecular complexity index is 879. The number of hydrogen-bond donors (Lipinski definition) is 0. The maximum absolute atomic E-state index is 12.4. The number of tetrazole rings is 1. The first kappa shape index (κ1) is 14.9. The molecule has 0 aliphatic carbocycles. The molecule has 1 aliphatic rings. The first-order valence-corrected chi connectivity index (χ1v) is 8.55. The topological polar surface area (TPSA) is 69.9 Å². The van der Waals surface area contributed by atoms with Gasteiger partial charge >= 0.3 is 0 Å². The highest BCUT2D eigenvalue weighted by Gasteiger charge is 2.16. The van der Waals surface area contributed by atoms with Gasteiger partial charge in [0.05, 0.1) is 18.0 Å². The van der Waals surface area contributed by atoms with Crippen LogP contribution in [0.5, 0.6) is 5.75 Å². The Morgan fingerprint density at radius 3 is 2.96 bits per heavy atom. The van der Waals surface area contributed by atoms with Crippen molar-refractivity contribution in [2.45, 2.75) is 11.6 Å². The van der Waals surface area contributed by atoms with Gasteiger partial charge in [-0.2, -0.15) is 4.68 Å². The van der Waals surface area contributed by atoms with Crippen LogP contribution in [-0.2, 0) is 6.42 Å². The molecule has 0 bridgehead atoms. The van der Waals surface area contributed by atoms with Crippen molar-refractivity contribution < 1.29 is 9.53 Å². The summed E-state index contributed by atoms with van der Waals surface area (Å²) in [5, 5.41) is 12.3. The number of carbonyl (C=O) groups is 1. The fourth-order valence-electron chi connectivity index (χ4n) is 2.57. The Balaban J connectivity index is 1.48. The van der Waals surface area contributed by atoms with E-state index in [1.165, 1.54) is 11.8 Å². The second-order valence-corrected chi connectivity index (χ2v) is 6.28. The number of nitrogens with zero attached hydrogens (tertiary/aromatic N) is 4. The molecule has 3 aromatic rings. The third-order valence-corrected chi connectivity index (χ3v) is 4.70. The van der Waals surface area contributed by atoms with Crippen molar-refractivity contribution in [2.24, 2.45) is 0 Å². The Hall–Kier alpha value is -2.67. The molecule has 0 amide bonds. The van der Waals surface area contributed by atoms with Crippen LogP contribution in [0.3, 0.4) is 0 Å². The highest BCUT2D eigenvalue weighted by Crippen LogP contribution is 2.27. The number of aromatic nitrogens is 4. The smallest absolute Gasteiger partial charge is 0.214 e. The zero-order valence-electron chi connectivity index (χ0n) is 12.8. The lowest BCUT2D eigenvalue weighted by Gasteiger charge is -2.05. The number of Topliss-reactive ketones (excluding diaryl/α,β-unsaturated/α-hetero) is 1. The fraction of sp³-hybridized carbons (Fsp3) is 0.176. The van der Waals surface area contributed by atoms with E-state index in [9.17, 15) is 4.79 Å². The van der Waals surface area contributed by atoms with Crippen LogP contribution in [0.25, 0.3) is 5.69 Å². The normalized spacial score (nSPS) is 12.7. The lowest BCUT2D eigenvalue weighted by molar-refractivity contribution is 0.102. The molecule has 2 heterocycles. The maximum atomic E-state index is 12.4. The molecule has 1 aliphatic heterocycles. The van der Waals surface area contributed by atoms with Crippen molar-refractivity contribution in [1.29, 1.82) is 0 Å². The van der Waals surface area contributed by atoms with Gasteiger partial charge in [-0.05, 0) is 46.3 Å². The van der Waals surface area contributed by atoms with Gasteiger partial charge in [-0.3, -0.25) is 4.79 Å². The second kappa shape index (κ2) is 6.45. The molecule has 0 saturated heterocycles. The Morgan fingerprint density at radius 1 is 1.21 bits per heavy atom. The molecule has 120 valence electrons. The minimum atomic E-state index is 0.0531. The van der Waals surface area contributed by atoms with E-state index in [4.69, 9.17) is 4.74 Å². The van der Waals surface area contributed by atoms with Crippen molar-refractivity contribution in [1.82, 2.24) is 20.2 Å². The van der Waals surface area contributed by atoms with Gasteiger partial charge in [-0.1, -0.05) is 30.0 Å². The average molecular weight is 338 g/mol. The van der Waals surface area contributed by atoms with Gasteiger partial charge in [-0.25, -0.2) is 0 Å². The van der Waals surface area contributed by atoms with Crippen LogP contribution < -0.4 is 4.74 Å². The number of fused-ring (bicyclic) bond motifs is 1. The minimum absolute atomic E-state index is 0.0531. The quantitative estimate of drug-likeness (QED) is 0.526. The highest BCUT2D eigenvalue weighted by atomic mass is 32.2. The highest BCUT2D eigenvalue weighted by molar-refractivity contribution is 7.99. The number of para-hydroxylation sites is 1. The first-order chi connectivity index (χ1) is 11.8. The van der Waals surface area contributed by atoms with Gasteiger partial charge in [0.1, 0.15) is 5.75 Å². The van der Waals surface area contributed by atoms with Crippen molar-refractivity contribution in [3.05, 3.63) is 59.7 Å². The molecular weight excluding hydrogens is 324 g/mol. The summed E-state index contributed by atoms with van der Waals surface area (Å²) in [5.74, 6) is 1.22. The van der Waals surface area contributed by atoms with Crippen LogP contribution in [0.1, 0.15) is 15.9 Å². The zero-order chi connectivity index (χ0) is 16.4. The standard InChI is InChI=1S/C17H14N4O2S/c22-15(12-6-7-16-13(10-12)8-9-23-16)11-24-17-18-19-20-21(17)14-4-2-1-3-5-14/h1-7,10H,8-9,11H2. The van der Waals surface area contributed by atoms with Crippen LogP contribution in [0, 0.1) is 0 Å². The zero-order valence-corrected chi connectivity index (χ0v) is 13.6. The van der Waals surface area contributed by atoms with Crippen molar-refractivity contribution in [3.63, 3.8) is 0 Å². The van der Waals surface area contributed by atoms with Crippen LogP contribution in [0.15, 0.2) is 53.7 Å². The number of carbonyl (C=O) groups excluding carboxylic acids is 1. The van der Waals surface area contributed by atoms with E-state index in [0.717, 1.165) is 23.4 Å². The molecule has 0 N–H and O–H groups in total. The van der Waals surface area contributed by atoms with Gasteiger partial charge in [-0.15, -0.1) is 5.10 Å². The summed E-state index contributed by atoms with van der Waals surface area (Å²) in [6.07, 6.45) is 0.857. The summed E-state index contributed by atoms with van der Waals surface area (Å²) < 4.78 is 7.10. The van der Waals surface area contributed by atoms with Crippen molar-refractivity contribution >= 4 is 17.5 Å². The summed E-state index contributed by atoms with van der Waals surface area (Å²) in [6, 6.07) is 15.2. The Labute approximate surface area is 142 Å². The summed E-state index contributed by atoms with van der Waals surface area (Å²) in [7, 11) is 0. The molecular formula is C17H14N4O2S. The monoisotopic (exact) mass is 338 g/mol. The predicted octanol–water partition coefficient (Wildman–Crippen LogP) is 2.57. The summed E-state index contributed by atoms with van der Waals surface area (Å²) >= 11 is 1.33. The van der Waals surface area contributed by atoms with E-state index in [0.29, 0.717) is 17.3 Å².